The van der Waals surface area contributed by atoms with E-state index >= 15 is 0 Å². The Morgan fingerprint density at radius 2 is 1.00 bits per heavy atom. The molecule has 0 heterocycles. The van der Waals surface area contributed by atoms with Gasteiger partial charge in [0.1, 0.15) is 0 Å². The van der Waals surface area contributed by atoms with Crippen molar-refractivity contribution in [2.45, 2.75) is 30.4 Å². The van der Waals surface area contributed by atoms with Crippen LogP contribution in [0.25, 0.3) is 0 Å². The third kappa shape index (κ3) is 3.69. The Morgan fingerprint density at radius 1 is 0.706 bits per heavy atom. The SMILES string of the molecule is [CH2-]CC(F)(F)C(F)(F)C(F)(F)C(F)(F)F.[Cl-].[Mg+2]. The average Bonchev–Trinajstić information content (AvgIpc) is 2.01. The predicted octanol–water partition coefficient (Wildman–Crippen LogP) is 0.302. The first-order valence-corrected chi connectivity index (χ1v) is 3.30. The molecule has 0 amide bonds. The molecule has 0 rings (SSSR count). The van der Waals surface area contributed by atoms with E-state index in [0.717, 1.165) is 0 Å². The first-order chi connectivity index (χ1) is 6.31. The van der Waals surface area contributed by atoms with Crippen LogP contribution in [0.5, 0.6) is 0 Å². The van der Waals surface area contributed by atoms with Crippen LogP contribution in [0.1, 0.15) is 6.42 Å². The minimum atomic E-state index is -6.80. The van der Waals surface area contributed by atoms with Crippen LogP contribution in [0.3, 0.4) is 0 Å². The maximum atomic E-state index is 12.2. The van der Waals surface area contributed by atoms with E-state index in [2.05, 4.69) is 6.92 Å². The largest absolute Gasteiger partial charge is 2.00 e. The molecular formula is C6H4ClF9Mg. The number of rotatable bonds is 3. The molecule has 11 heteroatoms. The minimum Gasteiger partial charge on any atom is -1.00 e. The van der Waals surface area contributed by atoms with Gasteiger partial charge in [0, 0.05) is 0 Å². The molecule has 0 aromatic rings. The molecule has 0 saturated heterocycles. The molecule has 0 aromatic carbocycles. The Hall–Kier alpha value is 0.426. The molecule has 0 bridgehead atoms. The van der Waals surface area contributed by atoms with Gasteiger partial charge in [-0.15, -0.1) is 6.42 Å². The van der Waals surface area contributed by atoms with Gasteiger partial charge in [0.25, 0.3) is 5.92 Å². The second-order valence-corrected chi connectivity index (χ2v) is 2.60. The van der Waals surface area contributed by atoms with Gasteiger partial charge in [0.15, 0.2) is 0 Å². The molecular weight excluding hydrogens is 303 g/mol. The fraction of sp³-hybridized carbons (Fsp3) is 0.833. The molecule has 0 unspecified atom stereocenters. The number of hydrogen-bond donors (Lipinski definition) is 0. The Kier molecular flexibility index (Phi) is 8.04. The summed E-state index contributed by atoms with van der Waals surface area (Å²) in [5, 5.41) is 0. The van der Waals surface area contributed by atoms with E-state index in [1.54, 1.807) is 0 Å². The molecule has 0 aliphatic rings. The van der Waals surface area contributed by atoms with Crippen LogP contribution >= 0.6 is 0 Å². The summed E-state index contributed by atoms with van der Waals surface area (Å²) in [5.41, 5.74) is 0. The summed E-state index contributed by atoms with van der Waals surface area (Å²) >= 11 is 0. The van der Waals surface area contributed by atoms with Crippen molar-refractivity contribution in [3.8, 4) is 0 Å². The van der Waals surface area contributed by atoms with Gasteiger partial charge in [0.05, 0.1) is 0 Å². The van der Waals surface area contributed by atoms with Crippen LogP contribution in [-0.4, -0.2) is 47.0 Å². The molecule has 17 heavy (non-hydrogen) atoms. The molecule has 0 spiro atoms. The summed E-state index contributed by atoms with van der Waals surface area (Å²) in [6.07, 6.45) is -8.83. The summed E-state index contributed by atoms with van der Waals surface area (Å²) < 4.78 is 107. The van der Waals surface area contributed by atoms with E-state index in [4.69, 9.17) is 0 Å². The maximum absolute atomic E-state index is 12.2. The zero-order chi connectivity index (χ0) is 12.7. The van der Waals surface area contributed by atoms with Gasteiger partial charge in [-0.05, 0) is 0 Å². The first kappa shape index (κ1) is 22.6. The Morgan fingerprint density at radius 3 is 1.18 bits per heavy atom. The summed E-state index contributed by atoms with van der Waals surface area (Å²) in [6, 6.07) is 0. The number of hydrogen-bond acceptors (Lipinski definition) is 0. The molecule has 100 valence electrons. The Bertz CT molecular complexity index is 236. The van der Waals surface area contributed by atoms with Crippen molar-refractivity contribution in [3.63, 3.8) is 0 Å². The van der Waals surface area contributed by atoms with E-state index in [9.17, 15) is 39.5 Å². The zero-order valence-corrected chi connectivity index (χ0v) is 10.1. The van der Waals surface area contributed by atoms with Gasteiger partial charge in [-0.1, -0.05) is 0 Å². The molecule has 0 aromatic heterocycles. The minimum absolute atomic E-state index is 0. The molecule has 0 N–H and O–H groups in total. The van der Waals surface area contributed by atoms with Crippen molar-refractivity contribution in [1.29, 1.82) is 0 Å². The van der Waals surface area contributed by atoms with Gasteiger partial charge < -0.3 is 19.3 Å². The molecule has 0 aliphatic carbocycles. The van der Waals surface area contributed by atoms with E-state index in [1.807, 2.05) is 0 Å². The van der Waals surface area contributed by atoms with E-state index in [-0.39, 0.29) is 35.5 Å². The Labute approximate surface area is 112 Å². The van der Waals surface area contributed by atoms with Crippen molar-refractivity contribution < 1.29 is 51.9 Å². The first-order valence-electron chi connectivity index (χ1n) is 3.30. The van der Waals surface area contributed by atoms with Gasteiger partial charge in [-0.2, -0.15) is 30.7 Å². The quantitative estimate of drug-likeness (QED) is 0.400. The maximum Gasteiger partial charge on any atom is 2.00 e. The third-order valence-electron chi connectivity index (χ3n) is 1.52. The smallest absolute Gasteiger partial charge is 1.00 e. The second-order valence-electron chi connectivity index (χ2n) is 2.60. The summed E-state index contributed by atoms with van der Waals surface area (Å²) in [5.74, 6) is -18.9. The monoisotopic (exact) mass is 306 g/mol. The third-order valence-corrected chi connectivity index (χ3v) is 1.52. The van der Waals surface area contributed by atoms with E-state index in [0.29, 0.717) is 0 Å². The van der Waals surface area contributed by atoms with Gasteiger partial charge in [-0.3, -0.25) is 0 Å². The molecule has 0 radical (unpaired) electrons. The molecule has 0 aliphatic heterocycles. The van der Waals surface area contributed by atoms with Crippen molar-refractivity contribution in [1.82, 2.24) is 0 Å². The standard InChI is InChI=1S/C6H4F9.ClH.Mg/c1-2-3(7,8)4(9,10)5(11,12)6(13,14)15;;/h1-2H2;1H;/q-1;;+2/p-1. The van der Waals surface area contributed by atoms with Crippen LogP contribution in [0.15, 0.2) is 0 Å². The van der Waals surface area contributed by atoms with Crippen molar-refractivity contribution in [3.05, 3.63) is 6.92 Å². The van der Waals surface area contributed by atoms with Gasteiger partial charge >= 0.3 is 41.1 Å². The fourth-order valence-corrected chi connectivity index (χ4v) is 0.565. The Balaban J connectivity index is -0.000000980. The van der Waals surface area contributed by atoms with Crippen molar-refractivity contribution in [2.24, 2.45) is 0 Å². The van der Waals surface area contributed by atoms with Gasteiger partial charge in [0.2, 0.25) is 0 Å². The normalized spacial score (nSPS) is 13.8. The van der Waals surface area contributed by atoms with Crippen LogP contribution in [0.4, 0.5) is 39.5 Å². The van der Waals surface area contributed by atoms with E-state index < -0.39 is 30.4 Å². The average molecular weight is 307 g/mol. The molecule has 0 atom stereocenters. The fourth-order valence-electron chi connectivity index (χ4n) is 0.565. The summed E-state index contributed by atoms with van der Waals surface area (Å²) in [4.78, 5) is 0. The number of halogens is 10. The molecule has 0 fully saturated rings. The van der Waals surface area contributed by atoms with Crippen LogP contribution in [-0.2, 0) is 0 Å². The van der Waals surface area contributed by atoms with Crippen molar-refractivity contribution >= 4 is 23.1 Å². The molecule has 0 saturated carbocycles. The second kappa shape index (κ2) is 6.05. The zero-order valence-electron chi connectivity index (χ0n) is 7.90. The summed E-state index contributed by atoms with van der Waals surface area (Å²) in [7, 11) is 0. The van der Waals surface area contributed by atoms with Gasteiger partial charge in [-0.25, -0.2) is 8.78 Å². The predicted molar refractivity (Wildman–Crippen MR) is 36.6 cm³/mol. The summed E-state index contributed by atoms with van der Waals surface area (Å²) in [6.45, 7) is 2.19. The van der Waals surface area contributed by atoms with E-state index in [1.165, 1.54) is 0 Å². The van der Waals surface area contributed by atoms with Crippen molar-refractivity contribution in [2.75, 3.05) is 0 Å². The van der Waals surface area contributed by atoms with Crippen LogP contribution in [0, 0.1) is 6.92 Å². The molecule has 0 nitrogen and oxygen atoms in total. The topological polar surface area (TPSA) is 0 Å². The van der Waals surface area contributed by atoms with Crippen LogP contribution < -0.4 is 12.4 Å². The number of alkyl halides is 9. The van der Waals surface area contributed by atoms with Crippen LogP contribution in [0.2, 0.25) is 0 Å².